The van der Waals surface area contributed by atoms with Gasteiger partial charge in [0, 0.05) is 12.6 Å². The number of carboxylic acid groups (broad SMARTS) is 1. The van der Waals surface area contributed by atoms with E-state index in [9.17, 15) is 13.2 Å². The zero-order chi connectivity index (χ0) is 14.8. The van der Waals surface area contributed by atoms with Gasteiger partial charge in [-0.25, -0.2) is 17.9 Å². The van der Waals surface area contributed by atoms with Gasteiger partial charge >= 0.3 is 5.97 Å². The first-order chi connectivity index (χ1) is 9.40. The van der Waals surface area contributed by atoms with Crippen molar-refractivity contribution in [2.24, 2.45) is 0 Å². The van der Waals surface area contributed by atoms with Crippen LogP contribution in [0.2, 0.25) is 0 Å². The summed E-state index contributed by atoms with van der Waals surface area (Å²) in [4.78, 5) is 10.6. The normalized spacial score (nSPS) is 19.9. The highest BCUT2D eigenvalue weighted by atomic mass is 32.2. The van der Waals surface area contributed by atoms with E-state index in [4.69, 9.17) is 19.0 Å². The lowest BCUT2D eigenvalue weighted by atomic mass is 10.3. The number of furan rings is 1. The molecule has 9 heteroatoms. The van der Waals surface area contributed by atoms with Crippen molar-refractivity contribution in [2.45, 2.75) is 17.9 Å². The van der Waals surface area contributed by atoms with Gasteiger partial charge in [-0.1, -0.05) is 0 Å². The molecule has 2 rings (SSSR count). The Bertz CT molecular complexity index is 586. The van der Waals surface area contributed by atoms with E-state index in [1.165, 1.54) is 6.92 Å². The van der Waals surface area contributed by atoms with Gasteiger partial charge in [0.25, 0.3) is 0 Å². The maximum Gasteiger partial charge on any atom is 0.371 e. The van der Waals surface area contributed by atoms with Crippen LogP contribution in [0.25, 0.3) is 0 Å². The topological polar surface area (TPSA) is 115 Å². The van der Waals surface area contributed by atoms with Crippen molar-refractivity contribution >= 4 is 16.0 Å². The molecule has 8 nitrogen and oxygen atoms in total. The smallest absolute Gasteiger partial charge is 0.371 e. The lowest BCUT2D eigenvalue weighted by Crippen LogP contribution is -2.39. The summed E-state index contributed by atoms with van der Waals surface area (Å²) in [5.41, 5.74) is 0. The summed E-state index contributed by atoms with van der Waals surface area (Å²) in [5.74, 6) is -1.71. The average molecular weight is 305 g/mol. The van der Waals surface area contributed by atoms with Gasteiger partial charge in [0.2, 0.25) is 15.8 Å². The average Bonchev–Trinajstić information content (AvgIpc) is 2.81. The number of aryl methyl sites for hydroxylation is 1. The molecule has 0 amide bonds. The highest BCUT2D eigenvalue weighted by molar-refractivity contribution is 7.89. The third kappa shape index (κ3) is 3.37. The Kier molecular flexibility index (Phi) is 4.43. The minimum atomic E-state index is -3.85. The number of hydrogen-bond acceptors (Lipinski definition) is 6. The molecule has 0 aromatic carbocycles. The van der Waals surface area contributed by atoms with Crippen LogP contribution in [0.4, 0.5) is 0 Å². The van der Waals surface area contributed by atoms with E-state index in [0.717, 1.165) is 6.07 Å². The van der Waals surface area contributed by atoms with Crippen molar-refractivity contribution in [3.63, 3.8) is 0 Å². The summed E-state index contributed by atoms with van der Waals surface area (Å²) < 4.78 is 41.8. The Labute approximate surface area is 115 Å². The van der Waals surface area contributed by atoms with Gasteiger partial charge in [0.1, 0.15) is 10.7 Å². The summed E-state index contributed by atoms with van der Waals surface area (Å²) >= 11 is 0. The molecule has 112 valence electrons. The fraction of sp³-hybridized carbons (Fsp3) is 0.545. The summed E-state index contributed by atoms with van der Waals surface area (Å²) in [6.45, 7) is 2.66. The molecule has 1 unspecified atom stereocenters. The Balaban J connectivity index is 2.07. The van der Waals surface area contributed by atoms with E-state index < -0.39 is 21.8 Å². The fourth-order valence-corrected chi connectivity index (χ4v) is 3.02. The monoisotopic (exact) mass is 305 g/mol. The summed E-state index contributed by atoms with van der Waals surface area (Å²) in [5, 5.41) is 8.78. The molecule has 0 spiro atoms. The van der Waals surface area contributed by atoms with E-state index in [1.807, 2.05) is 0 Å². The Morgan fingerprint density at radius 2 is 2.25 bits per heavy atom. The molecule has 1 aliphatic heterocycles. The zero-order valence-electron chi connectivity index (χ0n) is 10.8. The molecule has 0 aliphatic carbocycles. The predicted octanol–water partition coefficient (Wildman–Crippen LogP) is -0.0201. The lowest BCUT2D eigenvalue weighted by molar-refractivity contribution is -0.0846. The number of hydrogen-bond donors (Lipinski definition) is 2. The fourth-order valence-electron chi connectivity index (χ4n) is 1.77. The number of nitrogens with one attached hydrogen (secondary N) is 1. The Morgan fingerprint density at radius 3 is 2.80 bits per heavy atom. The van der Waals surface area contributed by atoms with Crippen LogP contribution >= 0.6 is 0 Å². The minimum Gasteiger partial charge on any atom is -0.475 e. The molecular weight excluding hydrogens is 290 g/mol. The quantitative estimate of drug-likeness (QED) is 0.785. The van der Waals surface area contributed by atoms with Crippen LogP contribution in [0.5, 0.6) is 0 Å². The van der Waals surface area contributed by atoms with Crippen molar-refractivity contribution in [3.05, 3.63) is 17.6 Å². The van der Waals surface area contributed by atoms with E-state index in [0.29, 0.717) is 19.8 Å². The third-order valence-corrected chi connectivity index (χ3v) is 4.29. The third-order valence-electron chi connectivity index (χ3n) is 2.76. The molecule has 0 bridgehead atoms. The highest BCUT2D eigenvalue weighted by Gasteiger charge is 2.25. The van der Waals surface area contributed by atoms with E-state index >= 15 is 0 Å². The van der Waals surface area contributed by atoms with Crippen molar-refractivity contribution in [2.75, 3.05) is 26.4 Å². The number of sulfonamides is 1. The molecule has 0 saturated carbocycles. The summed E-state index contributed by atoms with van der Waals surface area (Å²) in [6.07, 6.45) is -0.357. The van der Waals surface area contributed by atoms with Gasteiger partial charge in [-0.05, 0) is 6.92 Å². The number of aromatic carboxylic acids is 1. The predicted molar refractivity (Wildman–Crippen MR) is 66.2 cm³/mol. The Morgan fingerprint density at radius 1 is 1.50 bits per heavy atom. The molecule has 20 heavy (non-hydrogen) atoms. The molecule has 1 atom stereocenters. The largest absolute Gasteiger partial charge is 0.475 e. The van der Waals surface area contributed by atoms with Crippen molar-refractivity contribution in [1.29, 1.82) is 0 Å². The molecule has 2 heterocycles. The maximum absolute atomic E-state index is 12.1. The number of ether oxygens (including phenoxy) is 2. The number of rotatable bonds is 5. The van der Waals surface area contributed by atoms with E-state index in [-0.39, 0.29) is 23.3 Å². The van der Waals surface area contributed by atoms with Gasteiger partial charge in [-0.3, -0.25) is 0 Å². The maximum atomic E-state index is 12.1. The molecule has 1 aliphatic rings. The molecule has 1 aromatic heterocycles. The molecule has 1 saturated heterocycles. The molecule has 2 N–H and O–H groups in total. The first kappa shape index (κ1) is 15.0. The van der Waals surface area contributed by atoms with E-state index in [1.54, 1.807) is 0 Å². The number of carbonyl (C=O) groups is 1. The van der Waals surface area contributed by atoms with Crippen molar-refractivity contribution in [3.8, 4) is 0 Å². The first-order valence-corrected chi connectivity index (χ1v) is 7.41. The van der Waals surface area contributed by atoms with Crippen LogP contribution in [0.3, 0.4) is 0 Å². The van der Waals surface area contributed by atoms with E-state index in [2.05, 4.69) is 4.72 Å². The highest BCUT2D eigenvalue weighted by Crippen LogP contribution is 2.20. The second-order valence-corrected chi connectivity index (χ2v) is 5.99. The standard InChI is InChI=1S/C11H15NO7S/c1-7-10(4-9(19-7)11(13)14)20(15,16)12-5-8-6-17-2-3-18-8/h4,8,12H,2-3,5-6H2,1H3,(H,13,14). The number of carboxylic acids is 1. The van der Waals surface area contributed by atoms with Crippen LogP contribution in [0, 0.1) is 6.92 Å². The zero-order valence-corrected chi connectivity index (χ0v) is 11.6. The van der Waals surface area contributed by atoms with Gasteiger partial charge in [0.15, 0.2) is 0 Å². The van der Waals surface area contributed by atoms with Crippen LogP contribution in [0.1, 0.15) is 16.3 Å². The van der Waals surface area contributed by atoms with Gasteiger partial charge < -0.3 is 19.0 Å². The summed E-state index contributed by atoms with van der Waals surface area (Å²) in [7, 11) is -3.85. The van der Waals surface area contributed by atoms with Crippen LogP contribution < -0.4 is 4.72 Å². The molecule has 0 radical (unpaired) electrons. The molecule has 1 aromatic rings. The van der Waals surface area contributed by atoms with Crippen LogP contribution in [0.15, 0.2) is 15.4 Å². The Hall–Kier alpha value is -1.42. The second kappa shape index (κ2) is 5.92. The van der Waals surface area contributed by atoms with Crippen molar-refractivity contribution < 1.29 is 32.2 Å². The molecular formula is C11H15NO7S. The first-order valence-electron chi connectivity index (χ1n) is 5.93. The van der Waals surface area contributed by atoms with Gasteiger partial charge in [-0.2, -0.15) is 0 Å². The SMILES string of the molecule is Cc1oc(C(=O)O)cc1S(=O)(=O)NCC1COCCO1. The van der Waals surface area contributed by atoms with Gasteiger partial charge in [-0.15, -0.1) is 0 Å². The lowest BCUT2D eigenvalue weighted by Gasteiger charge is -2.22. The molecule has 1 fully saturated rings. The van der Waals surface area contributed by atoms with Crippen molar-refractivity contribution in [1.82, 2.24) is 4.72 Å². The summed E-state index contributed by atoms with van der Waals surface area (Å²) in [6, 6.07) is 0.984. The second-order valence-electron chi connectivity index (χ2n) is 4.26. The van der Waals surface area contributed by atoms with Gasteiger partial charge in [0.05, 0.1) is 25.9 Å². The minimum absolute atomic E-state index is 0.0238. The van der Waals surface area contributed by atoms with Crippen LogP contribution in [-0.4, -0.2) is 52.0 Å². The van der Waals surface area contributed by atoms with Crippen LogP contribution in [-0.2, 0) is 19.5 Å².